The summed E-state index contributed by atoms with van der Waals surface area (Å²) in [5, 5.41) is 1.12. The van der Waals surface area contributed by atoms with Crippen LogP contribution in [0, 0.1) is 5.82 Å². The Morgan fingerprint density at radius 3 is 2.78 bits per heavy atom. The van der Waals surface area contributed by atoms with Gasteiger partial charge in [0.2, 0.25) is 0 Å². The molecule has 0 aliphatic carbocycles. The van der Waals surface area contributed by atoms with Crippen LogP contribution in [0.3, 0.4) is 0 Å². The molecule has 1 amide bonds. The number of aromatic nitrogens is 1. The van der Waals surface area contributed by atoms with Crippen molar-refractivity contribution in [1.82, 2.24) is 14.8 Å². The molecule has 0 saturated carbocycles. The van der Waals surface area contributed by atoms with Crippen molar-refractivity contribution in [2.45, 2.75) is 25.3 Å². The molecule has 1 N–H and O–H groups in total. The Morgan fingerprint density at radius 1 is 1.16 bits per heavy atom. The van der Waals surface area contributed by atoms with Gasteiger partial charge in [-0.1, -0.05) is 40.2 Å². The minimum absolute atomic E-state index is 0.0515. The van der Waals surface area contributed by atoms with E-state index in [-0.39, 0.29) is 17.6 Å². The van der Waals surface area contributed by atoms with Gasteiger partial charge in [0.25, 0.3) is 5.91 Å². The first kappa shape index (κ1) is 21.6. The van der Waals surface area contributed by atoms with Crippen LogP contribution >= 0.6 is 15.9 Å². The predicted molar refractivity (Wildman–Crippen MR) is 126 cm³/mol. The van der Waals surface area contributed by atoms with Crippen molar-refractivity contribution in [3.05, 3.63) is 69.6 Å². The van der Waals surface area contributed by atoms with E-state index in [9.17, 15) is 9.18 Å². The fourth-order valence-corrected chi connectivity index (χ4v) is 5.34. The summed E-state index contributed by atoms with van der Waals surface area (Å²) in [6.45, 7) is 4.71. The molecule has 0 radical (unpaired) electrons. The molecule has 7 heteroatoms. The largest absolute Gasteiger partial charge is 0.378 e. The van der Waals surface area contributed by atoms with Gasteiger partial charge in [-0.05, 0) is 49.1 Å². The van der Waals surface area contributed by atoms with Crippen LogP contribution in [0.2, 0.25) is 0 Å². The van der Waals surface area contributed by atoms with Crippen LogP contribution in [0.25, 0.3) is 10.9 Å². The lowest BCUT2D eigenvalue weighted by Gasteiger charge is -2.34. The number of piperidine rings is 1. The first-order valence-electron chi connectivity index (χ1n) is 11.2. The number of nitrogens with zero attached hydrogens (tertiary/aromatic N) is 2. The summed E-state index contributed by atoms with van der Waals surface area (Å²) in [6, 6.07) is 13.4. The van der Waals surface area contributed by atoms with Gasteiger partial charge in [-0.2, -0.15) is 0 Å². The van der Waals surface area contributed by atoms with Crippen molar-refractivity contribution >= 4 is 32.7 Å². The smallest absolute Gasteiger partial charge is 0.270 e. The summed E-state index contributed by atoms with van der Waals surface area (Å²) >= 11 is 3.33. The molecule has 2 fully saturated rings. The number of ether oxygens (including phenoxy) is 1. The number of H-pyrrole nitrogens is 1. The SMILES string of the molecule is O=C(c1[nH]c2ccccc2c1C1CCCN(Cc2ccc(Br)cc2F)C1)N1CCOCC1. The summed E-state index contributed by atoms with van der Waals surface area (Å²) in [7, 11) is 0. The maximum absolute atomic E-state index is 14.4. The van der Waals surface area contributed by atoms with Gasteiger partial charge in [0, 0.05) is 47.1 Å². The highest BCUT2D eigenvalue weighted by Gasteiger charge is 2.31. The van der Waals surface area contributed by atoms with Crippen molar-refractivity contribution in [3.63, 3.8) is 0 Å². The fourth-order valence-electron chi connectivity index (χ4n) is 5.01. The minimum atomic E-state index is -0.184. The highest BCUT2D eigenvalue weighted by atomic mass is 79.9. The zero-order valence-corrected chi connectivity index (χ0v) is 19.5. The molecule has 5 nitrogen and oxygen atoms in total. The summed E-state index contributed by atoms with van der Waals surface area (Å²) < 4.78 is 20.6. The van der Waals surface area contributed by atoms with E-state index in [1.807, 2.05) is 35.2 Å². The average molecular weight is 500 g/mol. The van der Waals surface area contributed by atoms with E-state index < -0.39 is 0 Å². The first-order valence-corrected chi connectivity index (χ1v) is 12.0. The topological polar surface area (TPSA) is 48.6 Å². The number of aromatic amines is 1. The van der Waals surface area contributed by atoms with Crippen molar-refractivity contribution < 1.29 is 13.9 Å². The second-order valence-corrected chi connectivity index (χ2v) is 9.59. The number of rotatable bonds is 4. The lowest BCUT2D eigenvalue weighted by molar-refractivity contribution is 0.0298. The van der Waals surface area contributed by atoms with Crippen LogP contribution in [0.15, 0.2) is 46.9 Å². The summed E-state index contributed by atoms with van der Waals surface area (Å²) in [6.07, 6.45) is 2.04. The second-order valence-electron chi connectivity index (χ2n) is 8.67. The monoisotopic (exact) mass is 499 g/mol. The number of para-hydroxylation sites is 1. The first-order chi connectivity index (χ1) is 15.6. The van der Waals surface area contributed by atoms with E-state index >= 15 is 0 Å². The van der Waals surface area contributed by atoms with Gasteiger partial charge < -0.3 is 14.6 Å². The maximum Gasteiger partial charge on any atom is 0.270 e. The van der Waals surface area contributed by atoms with Gasteiger partial charge in [0.15, 0.2) is 0 Å². The van der Waals surface area contributed by atoms with Crippen LogP contribution in [0.1, 0.15) is 40.4 Å². The minimum Gasteiger partial charge on any atom is -0.378 e. The Hall–Kier alpha value is -2.22. The lowest BCUT2D eigenvalue weighted by Crippen LogP contribution is -2.41. The summed E-state index contributed by atoms with van der Waals surface area (Å²) in [5.74, 6) is 0.0887. The van der Waals surface area contributed by atoms with Crippen LogP contribution < -0.4 is 0 Å². The molecule has 2 aromatic carbocycles. The summed E-state index contributed by atoms with van der Waals surface area (Å²) in [4.78, 5) is 21.1. The molecule has 2 aliphatic heterocycles. The van der Waals surface area contributed by atoms with Gasteiger partial charge in [-0.3, -0.25) is 9.69 Å². The fraction of sp³-hybridized carbons (Fsp3) is 0.400. The van der Waals surface area contributed by atoms with Crippen molar-refractivity contribution in [2.24, 2.45) is 0 Å². The van der Waals surface area contributed by atoms with E-state index in [2.05, 4.69) is 31.9 Å². The van der Waals surface area contributed by atoms with Gasteiger partial charge in [0.1, 0.15) is 11.5 Å². The lowest BCUT2D eigenvalue weighted by atomic mass is 9.88. The molecule has 2 saturated heterocycles. The Kier molecular flexibility index (Phi) is 6.31. The van der Waals surface area contributed by atoms with E-state index in [4.69, 9.17) is 4.74 Å². The quantitative estimate of drug-likeness (QED) is 0.554. The maximum atomic E-state index is 14.4. The molecule has 168 valence electrons. The third-order valence-corrected chi connectivity index (χ3v) is 7.07. The molecule has 2 aliphatic rings. The van der Waals surface area contributed by atoms with Crippen LogP contribution in [0.5, 0.6) is 0 Å². The number of halogens is 2. The normalized spacial score (nSPS) is 20.1. The molecule has 1 atom stereocenters. The molecule has 1 unspecified atom stereocenters. The third-order valence-electron chi connectivity index (χ3n) is 6.58. The molecular formula is C25H27BrFN3O2. The zero-order chi connectivity index (χ0) is 22.1. The van der Waals surface area contributed by atoms with E-state index in [1.165, 1.54) is 6.07 Å². The third kappa shape index (κ3) is 4.34. The van der Waals surface area contributed by atoms with Crippen molar-refractivity contribution in [1.29, 1.82) is 0 Å². The van der Waals surface area contributed by atoms with Crippen molar-refractivity contribution in [3.8, 4) is 0 Å². The zero-order valence-electron chi connectivity index (χ0n) is 17.9. The Labute approximate surface area is 195 Å². The summed E-state index contributed by atoms with van der Waals surface area (Å²) in [5.41, 5.74) is 3.51. The Balaban J connectivity index is 1.44. The predicted octanol–water partition coefficient (Wildman–Crippen LogP) is 4.92. The number of hydrogen-bond acceptors (Lipinski definition) is 3. The molecule has 1 aromatic heterocycles. The Bertz CT molecular complexity index is 1130. The number of likely N-dealkylation sites (tertiary alicyclic amines) is 1. The number of morpholine rings is 1. The van der Waals surface area contributed by atoms with E-state index in [1.54, 1.807) is 0 Å². The number of carbonyl (C=O) groups excluding carboxylic acids is 1. The number of fused-ring (bicyclic) bond motifs is 1. The molecule has 3 heterocycles. The highest BCUT2D eigenvalue weighted by Crippen LogP contribution is 2.36. The van der Waals surface area contributed by atoms with Gasteiger partial charge in [-0.25, -0.2) is 4.39 Å². The molecular weight excluding hydrogens is 473 g/mol. The molecule has 0 spiro atoms. The van der Waals surface area contributed by atoms with Crippen LogP contribution in [-0.2, 0) is 11.3 Å². The molecule has 3 aromatic rings. The highest BCUT2D eigenvalue weighted by molar-refractivity contribution is 9.10. The number of nitrogens with one attached hydrogen (secondary N) is 1. The Morgan fingerprint density at radius 2 is 1.97 bits per heavy atom. The number of amides is 1. The number of hydrogen-bond donors (Lipinski definition) is 1. The molecule has 5 rings (SSSR count). The van der Waals surface area contributed by atoms with Crippen molar-refractivity contribution in [2.75, 3.05) is 39.4 Å². The second kappa shape index (κ2) is 9.33. The van der Waals surface area contributed by atoms with E-state index in [0.29, 0.717) is 44.1 Å². The van der Waals surface area contributed by atoms with Gasteiger partial charge in [-0.15, -0.1) is 0 Å². The number of carbonyl (C=O) groups is 1. The van der Waals surface area contributed by atoms with E-state index in [0.717, 1.165) is 46.9 Å². The average Bonchev–Trinajstić information content (AvgIpc) is 3.21. The molecule has 0 bridgehead atoms. The van der Waals surface area contributed by atoms with Crippen LogP contribution in [0.4, 0.5) is 4.39 Å². The molecule has 32 heavy (non-hydrogen) atoms. The van der Waals surface area contributed by atoms with Crippen LogP contribution in [-0.4, -0.2) is 60.1 Å². The van der Waals surface area contributed by atoms with Gasteiger partial charge >= 0.3 is 0 Å². The van der Waals surface area contributed by atoms with Gasteiger partial charge in [0.05, 0.1) is 13.2 Å². The standard InChI is InChI=1S/C25H27BrFN3O2/c26-19-8-7-17(21(27)14-19)15-29-9-3-4-18(16-29)23-20-5-1-2-6-22(20)28-24(23)25(31)30-10-12-32-13-11-30/h1-2,5-8,14,18,28H,3-4,9-13,15-16H2. The number of benzene rings is 2.